The van der Waals surface area contributed by atoms with Gasteiger partial charge in [0.2, 0.25) is 15.9 Å². The third-order valence-corrected chi connectivity index (χ3v) is 6.29. The molecule has 1 aromatic carbocycles. The van der Waals surface area contributed by atoms with Gasteiger partial charge in [0.1, 0.15) is 11.9 Å². The zero-order chi connectivity index (χ0) is 18.7. The van der Waals surface area contributed by atoms with Gasteiger partial charge in [-0.3, -0.25) is 4.79 Å². The highest BCUT2D eigenvalue weighted by atomic mass is 32.2. The van der Waals surface area contributed by atoms with Crippen molar-refractivity contribution in [1.82, 2.24) is 9.29 Å². The summed E-state index contributed by atoms with van der Waals surface area (Å²) >= 11 is 0. The number of carbonyl (C=O) groups excluding carboxylic acids is 1. The summed E-state index contributed by atoms with van der Waals surface area (Å²) in [5.41, 5.74) is 0.914. The van der Waals surface area contributed by atoms with Crippen molar-refractivity contribution in [3.05, 3.63) is 48.7 Å². The Hall–Kier alpha value is -2.45. The van der Waals surface area contributed by atoms with Crippen molar-refractivity contribution in [3.8, 4) is 0 Å². The minimum Gasteiger partial charge on any atom is -0.376 e. The van der Waals surface area contributed by atoms with E-state index in [4.69, 9.17) is 0 Å². The molecule has 1 fully saturated rings. The quantitative estimate of drug-likeness (QED) is 0.865. The topological polar surface area (TPSA) is 82.6 Å². The van der Waals surface area contributed by atoms with Crippen LogP contribution in [0.1, 0.15) is 12.8 Å². The number of anilines is 2. The highest BCUT2D eigenvalue weighted by Crippen LogP contribution is 2.27. The fourth-order valence-electron chi connectivity index (χ4n) is 2.95. The Bertz CT molecular complexity index is 867. The number of nitrogens with zero attached hydrogens (tertiary/aromatic N) is 3. The summed E-state index contributed by atoms with van der Waals surface area (Å²) in [6.07, 6.45) is 2.80. The molecule has 1 aliphatic rings. The van der Waals surface area contributed by atoms with Crippen LogP contribution in [0.15, 0.2) is 53.6 Å². The molecule has 0 saturated carbocycles. The summed E-state index contributed by atoms with van der Waals surface area (Å²) in [6.45, 7) is 0.336. The average Bonchev–Trinajstić information content (AvgIpc) is 3.14. The van der Waals surface area contributed by atoms with Crippen molar-refractivity contribution in [2.45, 2.75) is 23.8 Å². The number of benzene rings is 1. The molecule has 1 N–H and O–H groups in total. The van der Waals surface area contributed by atoms with Crippen LogP contribution in [0.25, 0.3) is 0 Å². The van der Waals surface area contributed by atoms with Crippen LogP contribution < -0.4 is 10.2 Å². The summed E-state index contributed by atoms with van der Waals surface area (Å²) in [5, 5.41) is 2.73. The van der Waals surface area contributed by atoms with Gasteiger partial charge in [0.25, 0.3) is 0 Å². The molecule has 2 heterocycles. The second-order valence-corrected chi connectivity index (χ2v) is 8.26. The lowest BCUT2D eigenvalue weighted by atomic mass is 10.2. The van der Waals surface area contributed by atoms with E-state index in [1.54, 1.807) is 42.6 Å². The molecule has 1 atom stereocenters. The molecule has 8 heteroatoms. The third kappa shape index (κ3) is 3.71. The molecule has 7 nitrogen and oxygen atoms in total. The SMILES string of the molecule is CN(C)c1ccc(NC(=O)C2CCCN2S(=O)(=O)c2ccccc2)nc1. The number of hydrogen-bond acceptors (Lipinski definition) is 5. The lowest BCUT2D eigenvalue weighted by molar-refractivity contribution is -0.119. The van der Waals surface area contributed by atoms with E-state index in [9.17, 15) is 13.2 Å². The van der Waals surface area contributed by atoms with Crippen molar-refractivity contribution in [1.29, 1.82) is 0 Å². The van der Waals surface area contributed by atoms with Gasteiger partial charge in [0.05, 0.1) is 16.8 Å². The van der Waals surface area contributed by atoms with Crippen molar-refractivity contribution < 1.29 is 13.2 Å². The molecule has 3 rings (SSSR count). The summed E-state index contributed by atoms with van der Waals surface area (Å²) in [5.74, 6) is 0.0525. The normalized spacial score (nSPS) is 17.8. The van der Waals surface area contributed by atoms with E-state index in [-0.39, 0.29) is 10.8 Å². The van der Waals surface area contributed by atoms with Gasteiger partial charge in [-0.05, 0) is 37.1 Å². The van der Waals surface area contributed by atoms with Crippen LogP contribution in [0.3, 0.4) is 0 Å². The maximum Gasteiger partial charge on any atom is 0.243 e. The van der Waals surface area contributed by atoms with Gasteiger partial charge < -0.3 is 10.2 Å². The number of amides is 1. The van der Waals surface area contributed by atoms with E-state index < -0.39 is 16.1 Å². The lowest BCUT2D eigenvalue weighted by Crippen LogP contribution is -2.43. The van der Waals surface area contributed by atoms with E-state index >= 15 is 0 Å². The highest BCUT2D eigenvalue weighted by molar-refractivity contribution is 7.89. The van der Waals surface area contributed by atoms with Crippen LogP contribution in [0.2, 0.25) is 0 Å². The molecule has 1 unspecified atom stereocenters. The first-order valence-corrected chi connectivity index (χ1v) is 9.85. The predicted octanol–water partition coefficient (Wildman–Crippen LogP) is 1.94. The minimum absolute atomic E-state index is 0.202. The standard InChI is InChI=1S/C18H22N4O3S/c1-21(2)14-10-11-17(19-13-14)20-18(23)16-9-6-12-22(16)26(24,25)15-7-4-3-5-8-15/h3-5,7-8,10-11,13,16H,6,9,12H2,1-2H3,(H,19,20,23). The van der Waals surface area contributed by atoms with E-state index in [2.05, 4.69) is 10.3 Å². The van der Waals surface area contributed by atoms with Crippen molar-refractivity contribution in [2.24, 2.45) is 0 Å². The predicted molar refractivity (Wildman–Crippen MR) is 101 cm³/mol. The van der Waals surface area contributed by atoms with E-state index in [1.807, 2.05) is 25.1 Å². The smallest absolute Gasteiger partial charge is 0.243 e. The number of pyridine rings is 1. The highest BCUT2D eigenvalue weighted by Gasteiger charge is 2.39. The molecular formula is C18H22N4O3S. The summed E-state index contributed by atoms with van der Waals surface area (Å²) in [4.78, 5) is 19.0. The fourth-order valence-corrected chi connectivity index (χ4v) is 4.63. The second-order valence-electron chi connectivity index (χ2n) is 6.37. The number of aromatic nitrogens is 1. The number of carbonyl (C=O) groups is 1. The molecule has 0 spiro atoms. The van der Waals surface area contributed by atoms with Crippen molar-refractivity contribution in [2.75, 3.05) is 30.9 Å². The maximum absolute atomic E-state index is 12.8. The van der Waals surface area contributed by atoms with Crippen LogP contribution in [0.4, 0.5) is 11.5 Å². The molecule has 2 aromatic rings. The summed E-state index contributed by atoms with van der Waals surface area (Å²) in [7, 11) is 0.108. The van der Waals surface area contributed by atoms with Crippen LogP contribution in [-0.2, 0) is 14.8 Å². The fraction of sp³-hybridized carbons (Fsp3) is 0.333. The Labute approximate surface area is 153 Å². The number of sulfonamides is 1. The summed E-state index contributed by atoms with van der Waals surface area (Å²) in [6, 6.07) is 11.0. The average molecular weight is 374 g/mol. The molecule has 1 aromatic heterocycles. The molecule has 26 heavy (non-hydrogen) atoms. The first kappa shape index (κ1) is 18.3. The van der Waals surface area contributed by atoms with Gasteiger partial charge in [-0.2, -0.15) is 4.31 Å². The first-order valence-electron chi connectivity index (χ1n) is 8.41. The Morgan fingerprint density at radius 2 is 1.92 bits per heavy atom. The molecule has 0 aliphatic carbocycles. The van der Waals surface area contributed by atoms with E-state index in [0.717, 1.165) is 5.69 Å². The zero-order valence-electron chi connectivity index (χ0n) is 14.8. The Kier molecular flexibility index (Phi) is 5.24. The van der Waals surface area contributed by atoms with Gasteiger partial charge in [-0.25, -0.2) is 13.4 Å². The molecule has 138 valence electrons. The Morgan fingerprint density at radius 3 is 2.54 bits per heavy atom. The maximum atomic E-state index is 12.8. The van der Waals surface area contributed by atoms with Crippen molar-refractivity contribution in [3.63, 3.8) is 0 Å². The van der Waals surface area contributed by atoms with Crippen LogP contribution in [0, 0.1) is 0 Å². The lowest BCUT2D eigenvalue weighted by Gasteiger charge is -2.23. The van der Waals surface area contributed by atoms with Crippen LogP contribution in [-0.4, -0.2) is 50.3 Å². The molecule has 0 radical (unpaired) electrons. The largest absolute Gasteiger partial charge is 0.376 e. The van der Waals surface area contributed by atoms with Crippen molar-refractivity contribution >= 4 is 27.4 Å². The van der Waals surface area contributed by atoms with Crippen LogP contribution >= 0.6 is 0 Å². The molecular weight excluding hydrogens is 352 g/mol. The Morgan fingerprint density at radius 1 is 1.19 bits per heavy atom. The number of hydrogen-bond donors (Lipinski definition) is 1. The molecule has 1 saturated heterocycles. The number of rotatable bonds is 5. The van der Waals surface area contributed by atoms with Gasteiger partial charge in [-0.15, -0.1) is 0 Å². The monoisotopic (exact) mass is 374 g/mol. The second kappa shape index (κ2) is 7.43. The zero-order valence-corrected chi connectivity index (χ0v) is 15.6. The number of nitrogens with one attached hydrogen (secondary N) is 1. The molecule has 0 bridgehead atoms. The minimum atomic E-state index is -3.70. The van der Waals surface area contributed by atoms with Gasteiger partial charge in [0, 0.05) is 20.6 Å². The van der Waals surface area contributed by atoms with Crippen LogP contribution in [0.5, 0.6) is 0 Å². The molecule has 1 aliphatic heterocycles. The molecule has 1 amide bonds. The van der Waals surface area contributed by atoms with E-state index in [1.165, 1.54) is 4.31 Å². The third-order valence-electron chi connectivity index (χ3n) is 4.37. The first-order chi connectivity index (χ1) is 12.4. The summed E-state index contributed by atoms with van der Waals surface area (Å²) < 4.78 is 27.0. The van der Waals surface area contributed by atoms with Gasteiger partial charge in [0.15, 0.2) is 0 Å². The van der Waals surface area contributed by atoms with E-state index in [0.29, 0.717) is 25.2 Å². The Balaban J connectivity index is 1.76. The van der Waals surface area contributed by atoms with Gasteiger partial charge >= 0.3 is 0 Å². The van der Waals surface area contributed by atoms with Gasteiger partial charge in [-0.1, -0.05) is 18.2 Å².